The van der Waals surface area contributed by atoms with Gasteiger partial charge in [0.2, 0.25) is 0 Å². The Hall–Kier alpha value is -1.20. The number of anilines is 2. The summed E-state index contributed by atoms with van der Waals surface area (Å²) >= 11 is 3.85. The van der Waals surface area contributed by atoms with E-state index in [0.29, 0.717) is 11.3 Å². The highest BCUT2D eigenvalue weighted by molar-refractivity contribution is 8.01. The number of nitrogens with zero attached hydrogens (tertiary/aromatic N) is 2. The molecule has 3 rings (SSSR count). The fourth-order valence-electron chi connectivity index (χ4n) is 2.56. The Morgan fingerprint density at radius 3 is 3.00 bits per heavy atom. The zero-order chi connectivity index (χ0) is 14.1. The number of pyridine rings is 1. The molecule has 3 heterocycles. The molecule has 0 spiro atoms. The van der Waals surface area contributed by atoms with Gasteiger partial charge in [-0.3, -0.25) is 4.98 Å². The number of rotatable bonds is 3. The molecule has 0 bridgehead atoms. The highest BCUT2D eigenvalue weighted by Gasteiger charge is 2.26. The van der Waals surface area contributed by atoms with Crippen LogP contribution in [-0.2, 0) is 0 Å². The van der Waals surface area contributed by atoms with Crippen LogP contribution in [0, 0.1) is 0 Å². The van der Waals surface area contributed by atoms with Crippen molar-refractivity contribution in [3.8, 4) is 0 Å². The third kappa shape index (κ3) is 2.65. The van der Waals surface area contributed by atoms with Gasteiger partial charge in [-0.2, -0.15) is 0 Å². The van der Waals surface area contributed by atoms with Crippen molar-refractivity contribution in [3.63, 3.8) is 0 Å². The molecule has 1 aliphatic heterocycles. The Balaban J connectivity index is 1.89. The van der Waals surface area contributed by atoms with E-state index in [1.165, 1.54) is 15.5 Å². The Labute approximate surface area is 128 Å². The van der Waals surface area contributed by atoms with E-state index in [2.05, 4.69) is 53.7 Å². The van der Waals surface area contributed by atoms with Crippen molar-refractivity contribution in [2.45, 2.75) is 28.8 Å². The highest BCUT2D eigenvalue weighted by Crippen LogP contribution is 2.45. The number of thiophene rings is 1. The summed E-state index contributed by atoms with van der Waals surface area (Å²) in [7, 11) is 4.13. The molecule has 0 aliphatic carbocycles. The molecule has 0 saturated carbocycles. The summed E-state index contributed by atoms with van der Waals surface area (Å²) in [6.07, 6.45) is 4.92. The second-order valence-corrected chi connectivity index (χ2v) is 7.93. The second kappa shape index (κ2) is 5.66. The third-order valence-electron chi connectivity index (χ3n) is 3.52. The quantitative estimate of drug-likeness (QED) is 0.918. The lowest BCUT2D eigenvalue weighted by atomic mass is 10.0. The molecule has 20 heavy (non-hydrogen) atoms. The number of thioether (sulfide) groups is 1. The van der Waals surface area contributed by atoms with Crippen LogP contribution in [0.15, 0.2) is 34.1 Å². The van der Waals surface area contributed by atoms with Crippen molar-refractivity contribution in [1.29, 1.82) is 0 Å². The smallest absolute Gasteiger partial charge is 0.0769 e. The first kappa shape index (κ1) is 13.8. The largest absolute Gasteiger partial charge is 0.376 e. The molecule has 1 unspecified atom stereocenters. The van der Waals surface area contributed by atoms with E-state index < -0.39 is 0 Å². The zero-order valence-corrected chi connectivity index (χ0v) is 13.6. The Kier molecular flexibility index (Phi) is 3.89. The number of hydrogen-bond acceptors (Lipinski definition) is 5. The summed E-state index contributed by atoms with van der Waals surface area (Å²) in [5.74, 6) is 0. The van der Waals surface area contributed by atoms with E-state index in [1.54, 1.807) is 0 Å². The minimum Gasteiger partial charge on any atom is -0.376 e. The Morgan fingerprint density at radius 1 is 1.35 bits per heavy atom. The molecule has 0 amide bonds. The third-order valence-corrected chi connectivity index (χ3v) is 5.86. The molecular weight excluding hydrogens is 286 g/mol. The average Bonchev–Trinajstić information content (AvgIpc) is 2.87. The molecule has 1 N–H and O–H groups in total. The van der Waals surface area contributed by atoms with Gasteiger partial charge in [0.15, 0.2) is 0 Å². The van der Waals surface area contributed by atoms with E-state index in [0.717, 1.165) is 12.1 Å². The lowest BCUT2D eigenvalue weighted by Crippen LogP contribution is -2.20. The van der Waals surface area contributed by atoms with Gasteiger partial charge in [-0.05, 0) is 29.5 Å². The first-order valence-electron chi connectivity index (χ1n) is 6.77. The van der Waals surface area contributed by atoms with E-state index in [-0.39, 0.29) is 0 Å². The Bertz CT molecular complexity index is 594. The highest BCUT2D eigenvalue weighted by atomic mass is 32.2. The van der Waals surface area contributed by atoms with Gasteiger partial charge >= 0.3 is 0 Å². The molecular formula is C15H19N3S2. The minimum atomic E-state index is 0.385. The lowest BCUT2D eigenvalue weighted by molar-refractivity contribution is 0.669. The van der Waals surface area contributed by atoms with Gasteiger partial charge in [0.25, 0.3) is 0 Å². The van der Waals surface area contributed by atoms with Gasteiger partial charge in [0.1, 0.15) is 0 Å². The maximum atomic E-state index is 4.26. The maximum absolute atomic E-state index is 4.26. The van der Waals surface area contributed by atoms with E-state index in [4.69, 9.17) is 0 Å². The summed E-state index contributed by atoms with van der Waals surface area (Å²) in [5.41, 5.74) is 3.73. The SMILES string of the molecule is C[C@H]1CC(Nc2cnccc2N(C)C)c2ccsc2S1. The molecule has 0 radical (unpaired) electrons. The molecule has 0 aromatic carbocycles. The molecule has 0 saturated heterocycles. The zero-order valence-electron chi connectivity index (χ0n) is 12.0. The number of hydrogen-bond donors (Lipinski definition) is 1. The monoisotopic (exact) mass is 305 g/mol. The summed E-state index contributed by atoms with van der Waals surface area (Å²) in [5, 5.41) is 6.54. The van der Waals surface area contributed by atoms with Gasteiger partial charge in [-0.1, -0.05) is 6.92 Å². The van der Waals surface area contributed by atoms with Crippen LogP contribution in [0.1, 0.15) is 24.9 Å². The maximum Gasteiger partial charge on any atom is 0.0769 e. The fourth-order valence-corrected chi connectivity index (χ4v) is 5.13. The van der Waals surface area contributed by atoms with Crippen molar-refractivity contribution in [1.82, 2.24) is 4.98 Å². The summed E-state index contributed by atoms with van der Waals surface area (Å²) in [6.45, 7) is 2.30. The summed E-state index contributed by atoms with van der Waals surface area (Å²) in [6, 6.07) is 4.69. The summed E-state index contributed by atoms with van der Waals surface area (Å²) in [4.78, 5) is 6.39. The van der Waals surface area contributed by atoms with Crippen molar-refractivity contribution in [2.75, 3.05) is 24.3 Å². The lowest BCUT2D eigenvalue weighted by Gasteiger charge is -2.29. The first-order chi connectivity index (χ1) is 9.65. The topological polar surface area (TPSA) is 28.2 Å². The normalized spacial score (nSPS) is 21.4. The van der Waals surface area contributed by atoms with Crippen LogP contribution in [0.3, 0.4) is 0 Å². The van der Waals surface area contributed by atoms with Crippen LogP contribution in [0.2, 0.25) is 0 Å². The van der Waals surface area contributed by atoms with Gasteiger partial charge in [0, 0.05) is 25.5 Å². The van der Waals surface area contributed by atoms with Gasteiger partial charge in [-0.15, -0.1) is 23.1 Å². The molecule has 5 heteroatoms. The van der Waals surface area contributed by atoms with Crippen molar-refractivity contribution in [3.05, 3.63) is 35.5 Å². The van der Waals surface area contributed by atoms with Crippen molar-refractivity contribution in [2.24, 2.45) is 0 Å². The van der Waals surface area contributed by atoms with E-state index in [9.17, 15) is 0 Å². The number of aromatic nitrogens is 1. The molecule has 0 fully saturated rings. The van der Waals surface area contributed by atoms with Crippen LogP contribution >= 0.6 is 23.1 Å². The molecule has 2 atom stereocenters. The predicted molar refractivity (Wildman–Crippen MR) is 89.2 cm³/mol. The first-order valence-corrected chi connectivity index (χ1v) is 8.53. The minimum absolute atomic E-state index is 0.385. The number of fused-ring (bicyclic) bond motifs is 1. The van der Waals surface area contributed by atoms with E-state index in [1.807, 2.05) is 35.5 Å². The predicted octanol–water partition coefficient (Wildman–Crippen LogP) is 4.25. The average molecular weight is 305 g/mol. The molecule has 1 aliphatic rings. The standard InChI is InChI=1S/C15H19N3S2/c1-10-8-12(11-5-7-19-15(11)20-10)17-13-9-16-6-4-14(13)18(2)3/h4-7,9-10,12,17H,8H2,1-3H3/t10-,12?/m0/s1. The molecule has 2 aromatic heterocycles. The molecule has 2 aromatic rings. The molecule has 106 valence electrons. The van der Waals surface area contributed by atoms with Gasteiger partial charge in [-0.25, -0.2) is 0 Å². The van der Waals surface area contributed by atoms with Gasteiger partial charge < -0.3 is 10.2 Å². The van der Waals surface area contributed by atoms with Crippen molar-refractivity contribution >= 4 is 34.5 Å². The number of nitrogens with one attached hydrogen (secondary N) is 1. The fraction of sp³-hybridized carbons (Fsp3) is 0.400. The molecule has 3 nitrogen and oxygen atoms in total. The van der Waals surface area contributed by atoms with Gasteiger partial charge in [0.05, 0.1) is 27.8 Å². The van der Waals surface area contributed by atoms with E-state index >= 15 is 0 Å². The second-order valence-electron chi connectivity index (χ2n) is 5.31. The Morgan fingerprint density at radius 2 is 2.20 bits per heavy atom. The van der Waals surface area contributed by atoms with Crippen LogP contribution in [0.5, 0.6) is 0 Å². The van der Waals surface area contributed by atoms with Crippen molar-refractivity contribution < 1.29 is 0 Å². The van der Waals surface area contributed by atoms with Crippen LogP contribution in [-0.4, -0.2) is 24.3 Å². The summed E-state index contributed by atoms with van der Waals surface area (Å²) < 4.78 is 1.46. The van der Waals surface area contributed by atoms with Crippen LogP contribution < -0.4 is 10.2 Å². The van der Waals surface area contributed by atoms with Crippen LogP contribution in [0.25, 0.3) is 0 Å². The van der Waals surface area contributed by atoms with Crippen LogP contribution in [0.4, 0.5) is 11.4 Å².